The van der Waals surface area contributed by atoms with Crippen molar-refractivity contribution >= 4 is 11.8 Å². The highest BCUT2D eigenvalue weighted by Crippen LogP contribution is 2.14. The summed E-state index contributed by atoms with van der Waals surface area (Å²) in [4.78, 5) is 14.3. The molecule has 0 aromatic carbocycles. The predicted molar refractivity (Wildman–Crippen MR) is 55.0 cm³/mol. The summed E-state index contributed by atoms with van der Waals surface area (Å²) in [6.07, 6.45) is 2.91. The molecule has 2 rings (SSSR count). The molecule has 6 heteroatoms. The standard InChI is InChI=1S/C9H14N4O2/c1-11-7-8(6-10-11)12-2-4-13(5-3-12)9(14)15/h6-7H,2-5H2,1H3,(H,14,15). The van der Waals surface area contributed by atoms with Crippen LogP contribution < -0.4 is 4.90 Å². The second-order valence-corrected chi connectivity index (χ2v) is 3.63. The molecule has 1 amide bonds. The molecule has 0 unspecified atom stereocenters. The van der Waals surface area contributed by atoms with Crippen LogP contribution in [-0.2, 0) is 7.05 Å². The first-order valence-electron chi connectivity index (χ1n) is 4.88. The third-order valence-electron chi connectivity index (χ3n) is 2.61. The van der Waals surface area contributed by atoms with Crippen molar-refractivity contribution in [3.8, 4) is 0 Å². The molecule has 0 spiro atoms. The molecule has 1 aliphatic rings. The van der Waals surface area contributed by atoms with E-state index < -0.39 is 6.09 Å². The Labute approximate surface area is 87.7 Å². The van der Waals surface area contributed by atoms with Crippen LogP contribution in [0.3, 0.4) is 0 Å². The van der Waals surface area contributed by atoms with Crippen molar-refractivity contribution in [1.29, 1.82) is 0 Å². The van der Waals surface area contributed by atoms with Gasteiger partial charge in [0.15, 0.2) is 0 Å². The van der Waals surface area contributed by atoms with Gasteiger partial charge in [-0.05, 0) is 0 Å². The molecule has 1 fully saturated rings. The smallest absolute Gasteiger partial charge is 0.407 e. The van der Waals surface area contributed by atoms with Crippen LogP contribution in [0.25, 0.3) is 0 Å². The average molecular weight is 210 g/mol. The van der Waals surface area contributed by atoms with Crippen LogP contribution in [0.4, 0.5) is 10.5 Å². The number of piperazine rings is 1. The van der Waals surface area contributed by atoms with Crippen molar-refractivity contribution in [1.82, 2.24) is 14.7 Å². The van der Waals surface area contributed by atoms with Crippen LogP contribution in [-0.4, -0.2) is 52.1 Å². The molecule has 0 aliphatic carbocycles. The summed E-state index contributed by atoms with van der Waals surface area (Å²) in [7, 11) is 1.87. The molecule has 15 heavy (non-hydrogen) atoms. The van der Waals surface area contributed by atoms with E-state index in [2.05, 4.69) is 10.00 Å². The first kappa shape index (κ1) is 9.82. The Morgan fingerprint density at radius 3 is 2.53 bits per heavy atom. The molecule has 6 nitrogen and oxygen atoms in total. The highest BCUT2D eigenvalue weighted by atomic mass is 16.4. The van der Waals surface area contributed by atoms with Gasteiger partial charge in [-0.15, -0.1) is 0 Å². The van der Waals surface area contributed by atoms with Gasteiger partial charge < -0.3 is 14.9 Å². The molecule has 82 valence electrons. The van der Waals surface area contributed by atoms with E-state index in [4.69, 9.17) is 5.11 Å². The van der Waals surface area contributed by atoms with E-state index in [1.807, 2.05) is 13.2 Å². The van der Waals surface area contributed by atoms with Crippen molar-refractivity contribution in [2.45, 2.75) is 0 Å². The Bertz CT molecular complexity index is 355. The van der Waals surface area contributed by atoms with Crippen LogP contribution in [0.5, 0.6) is 0 Å². The van der Waals surface area contributed by atoms with Gasteiger partial charge in [-0.3, -0.25) is 4.68 Å². The number of hydrogen-bond acceptors (Lipinski definition) is 3. The number of nitrogens with zero attached hydrogens (tertiary/aromatic N) is 4. The molecule has 1 saturated heterocycles. The number of aryl methyl sites for hydroxylation is 1. The number of hydrogen-bond donors (Lipinski definition) is 1. The Morgan fingerprint density at radius 1 is 1.40 bits per heavy atom. The van der Waals surface area contributed by atoms with Crippen LogP contribution >= 0.6 is 0 Å². The Kier molecular flexibility index (Phi) is 2.49. The zero-order chi connectivity index (χ0) is 10.8. The molecule has 1 aromatic rings. The fourth-order valence-electron chi connectivity index (χ4n) is 1.73. The monoisotopic (exact) mass is 210 g/mol. The topological polar surface area (TPSA) is 61.6 Å². The number of rotatable bonds is 1. The summed E-state index contributed by atoms with van der Waals surface area (Å²) < 4.78 is 1.75. The number of aromatic nitrogens is 2. The molecule has 2 heterocycles. The van der Waals surface area contributed by atoms with E-state index in [1.54, 1.807) is 10.9 Å². The quantitative estimate of drug-likeness (QED) is 0.720. The summed E-state index contributed by atoms with van der Waals surface area (Å²) >= 11 is 0. The van der Waals surface area contributed by atoms with Crippen molar-refractivity contribution in [2.24, 2.45) is 7.05 Å². The number of amides is 1. The predicted octanol–water partition coefficient (Wildman–Crippen LogP) is 0.220. The maximum Gasteiger partial charge on any atom is 0.407 e. The molecule has 1 aromatic heterocycles. The van der Waals surface area contributed by atoms with Crippen LogP contribution in [0.15, 0.2) is 12.4 Å². The maximum absolute atomic E-state index is 10.7. The summed E-state index contributed by atoms with van der Waals surface area (Å²) in [5.74, 6) is 0. The van der Waals surface area contributed by atoms with Gasteiger partial charge in [-0.25, -0.2) is 4.79 Å². The molecule has 1 aliphatic heterocycles. The van der Waals surface area contributed by atoms with Gasteiger partial charge in [0.2, 0.25) is 0 Å². The van der Waals surface area contributed by atoms with Gasteiger partial charge >= 0.3 is 6.09 Å². The molecular formula is C9H14N4O2. The van der Waals surface area contributed by atoms with E-state index in [0.717, 1.165) is 18.8 Å². The van der Waals surface area contributed by atoms with Gasteiger partial charge in [0.1, 0.15) is 0 Å². The second-order valence-electron chi connectivity index (χ2n) is 3.63. The summed E-state index contributed by atoms with van der Waals surface area (Å²) in [5, 5.41) is 12.9. The van der Waals surface area contributed by atoms with Crippen molar-refractivity contribution < 1.29 is 9.90 Å². The molecule has 0 radical (unpaired) electrons. The fourth-order valence-corrected chi connectivity index (χ4v) is 1.73. The van der Waals surface area contributed by atoms with E-state index in [9.17, 15) is 4.79 Å². The third-order valence-corrected chi connectivity index (χ3v) is 2.61. The number of anilines is 1. The van der Waals surface area contributed by atoms with Crippen molar-refractivity contribution in [3.05, 3.63) is 12.4 Å². The highest BCUT2D eigenvalue weighted by molar-refractivity contribution is 5.65. The lowest BCUT2D eigenvalue weighted by molar-refractivity contribution is 0.142. The van der Waals surface area contributed by atoms with Gasteiger partial charge in [0, 0.05) is 39.4 Å². The number of carbonyl (C=O) groups is 1. The summed E-state index contributed by atoms with van der Waals surface area (Å²) in [5.41, 5.74) is 1.06. The normalized spacial score (nSPS) is 16.9. The largest absolute Gasteiger partial charge is 0.465 e. The molecule has 1 N–H and O–H groups in total. The zero-order valence-electron chi connectivity index (χ0n) is 8.63. The first-order chi connectivity index (χ1) is 7.16. The van der Waals surface area contributed by atoms with Gasteiger partial charge in [0.25, 0.3) is 0 Å². The lowest BCUT2D eigenvalue weighted by Gasteiger charge is -2.33. The SMILES string of the molecule is Cn1cc(N2CCN(C(=O)O)CC2)cn1. The lowest BCUT2D eigenvalue weighted by atomic mass is 10.3. The molecule has 0 bridgehead atoms. The van der Waals surface area contributed by atoms with Crippen LogP contribution in [0.2, 0.25) is 0 Å². The van der Waals surface area contributed by atoms with Crippen molar-refractivity contribution in [2.75, 3.05) is 31.1 Å². The van der Waals surface area contributed by atoms with Gasteiger partial charge in [-0.2, -0.15) is 5.10 Å². The third kappa shape index (κ3) is 2.03. The Morgan fingerprint density at radius 2 is 2.07 bits per heavy atom. The number of carboxylic acid groups (broad SMARTS) is 1. The Balaban J connectivity index is 1.96. The van der Waals surface area contributed by atoms with Gasteiger partial charge in [0.05, 0.1) is 11.9 Å². The average Bonchev–Trinajstić information content (AvgIpc) is 2.65. The lowest BCUT2D eigenvalue weighted by Crippen LogP contribution is -2.48. The highest BCUT2D eigenvalue weighted by Gasteiger charge is 2.20. The molecule has 0 saturated carbocycles. The minimum atomic E-state index is -0.833. The summed E-state index contributed by atoms with van der Waals surface area (Å²) in [6, 6.07) is 0. The minimum absolute atomic E-state index is 0.560. The second kappa shape index (κ2) is 3.80. The van der Waals surface area contributed by atoms with Gasteiger partial charge in [-0.1, -0.05) is 0 Å². The van der Waals surface area contributed by atoms with E-state index in [0.29, 0.717) is 13.1 Å². The van der Waals surface area contributed by atoms with Crippen LogP contribution in [0.1, 0.15) is 0 Å². The molecular weight excluding hydrogens is 196 g/mol. The zero-order valence-corrected chi connectivity index (χ0v) is 8.63. The minimum Gasteiger partial charge on any atom is -0.465 e. The first-order valence-corrected chi connectivity index (χ1v) is 4.88. The van der Waals surface area contributed by atoms with Crippen LogP contribution in [0, 0.1) is 0 Å². The maximum atomic E-state index is 10.7. The van der Waals surface area contributed by atoms with E-state index in [1.165, 1.54) is 4.90 Å². The molecule has 0 atom stereocenters. The fraction of sp³-hybridized carbons (Fsp3) is 0.556. The van der Waals surface area contributed by atoms with E-state index in [-0.39, 0.29) is 0 Å². The summed E-state index contributed by atoms with van der Waals surface area (Å²) in [6.45, 7) is 2.59. The van der Waals surface area contributed by atoms with E-state index >= 15 is 0 Å². The Hall–Kier alpha value is -1.72. The van der Waals surface area contributed by atoms with Crippen molar-refractivity contribution in [3.63, 3.8) is 0 Å².